The maximum absolute atomic E-state index is 12.5. The Kier molecular flexibility index (Phi) is 6.03. The Morgan fingerprint density at radius 3 is 2.13 bits per heavy atom. The normalized spacial score (nSPS) is 28.3. The summed E-state index contributed by atoms with van der Waals surface area (Å²) in [6.07, 6.45) is 5.47. The number of nitrogens with one attached hydrogen (secondary N) is 1. The highest BCUT2D eigenvalue weighted by Gasteiger charge is 2.48. The molecule has 3 amide bonds. The van der Waals surface area contributed by atoms with Crippen molar-refractivity contribution in [1.29, 1.82) is 0 Å². The first kappa shape index (κ1) is 18.2. The number of hydrogen-bond acceptors (Lipinski definition) is 4. The quantitative estimate of drug-likeness (QED) is 0.769. The molecule has 0 radical (unpaired) electrons. The number of fused-ring (bicyclic) bond motifs is 1. The summed E-state index contributed by atoms with van der Waals surface area (Å²) in [6, 6.07) is 0.212. The van der Waals surface area contributed by atoms with Gasteiger partial charge in [-0.3, -0.25) is 19.3 Å². The second kappa shape index (κ2) is 7.62. The van der Waals surface area contributed by atoms with Gasteiger partial charge in [0.25, 0.3) is 0 Å². The Balaban J connectivity index is 0.00000192. The van der Waals surface area contributed by atoms with Crippen LogP contribution in [0.4, 0.5) is 0 Å². The molecular weight excluding hydrogens is 318 g/mol. The Hall–Kier alpha value is -1.14. The van der Waals surface area contributed by atoms with Gasteiger partial charge in [0.1, 0.15) is 6.54 Å². The number of amides is 3. The fourth-order valence-electron chi connectivity index (χ4n) is 4.03. The number of rotatable bonds is 3. The fraction of sp³-hybridized carbons (Fsp3) is 0.812. The molecule has 0 aromatic rings. The van der Waals surface area contributed by atoms with E-state index in [0.29, 0.717) is 0 Å². The number of halogens is 1. The van der Waals surface area contributed by atoms with Gasteiger partial charge in [0, 0.05) is 13.1 Å². The molecule has 0 aromatic carbocycles. The maximum atomic E-state index is 12.5. The second-order valence-corrected chi connectivity index (χ2v) is 6.75. The van der Waals surface area contributed by atoms with Crippen molar-refractivity contribution >= 4 is 30.1 Å². The Labute approximate surface area is 143 Å². The minimum Gasteiger partial charge on any atom is -0.341 e. The highest BCUT2D eigenvalue weighted by Crippen LogP contribution is 2.37. The smallest absolute Gasteiger partial charge is 0.242 e. The van der Waals surface area contributed by atoms with Crippen molar-refractivity contribution in [1.82, 2.24) is 15.1 Å². The van der Waals surface area contributed by atoms with E-state index in [4.69, 9.17) is 0 Å². The van der Waals surface area contributed by atoms with E-state index in [9.17, 15) is 14.4 Å². The van der Waals surface area contributed by atoms with Crippen LogP contribution in [0, 0.1) is 11.8 Å². The zero-order chi connectivity index (χ0) is 15.7. The largest absolute Gasteiger partial charge is 0.341 e. The number of carbonyl (C=O) groups excluding carboxylic acids is 3. The molecule has 23 heavy (non-hydrogen) atoms. The van der Waals surface area contributed by atoms with E-state index in [1.165, 1.54) is 4.90 Å². The molecule has 6 nitrogen and oxygen atoms in total. The van der Waals surface area contributed by atoms with Crippen LogP contribution >= 0.6 is 12.4 Å². The molecule has 2 atom stereocenters. The van der Waals surface area contributed by atoms with E-state index in [-0.39, 0.29) is 54.6 Å². The maximum Gasteiger partial charge on any atom is 0.242 e. The molecule has 0 bridgehead atoms. The third-order valence-corrected chi connectivity index (χ3v) is 5.48. The molecular formula is C16H26ClN3O3. The van der Waals surface area contributed by atoms with Crippen molar-refractivity contribution in [2.24, 2.45) is 11.8 Å². The summed E-state index contributed by atoms with van der Waals surface area (Å²) in [4.78, 5) is 40.2. The van der Waals surface area contributed by atoms with E-state index in [1.54, 1.807) is 11.9 Å². The van der Waals surface area contributed by atoms with Crippen LogP contribution in [0.5, 0.6) is 0 Å². The van der Waals surface area contributed by atoms with E-state index < -0.39 is 0 Å². The van der Waals surface area contributed by atoms with Crippen molar-refractivity contribution in [2.45, 2.75) is 44.6 Å². The predicted molar refractivity (Wildman–Crippen MR) is 88.1 cm³/mol. The molecule has 7 heteroatoms. The standard InChI is InChI=1S/C16H25N3O3.ClH/c1-18(11-6-8-17-9-7-11)14(20)10-19-15(21)12-4-2-3-5-13(12)16(19)22;/h11-13,17H,2-10H2,1H3;1H. The van der Waals surface area contributed by atoms with Gasteiger partial charge in [-0.2, -0.15) is 0 Å². The number of hydrogen-bond donors (Lipinski definition) is 1. The molecule has 2 saturated heterocycles. The van der Waals surface area contributed by atoms with Crippen LogP contribution < -0.4 is 5.32 Å². The summed E-state index contributed by atoms with van der Waals surface area (Å²) in [5, 5.41) is 3.27. The molecule has 3 rings (SSSR count). The lowest BCUT2D eigenvalue weighted by molar-refractivity contribution is -0.147. The minimum atomic E-state index is -0.168. The first-order valence-corrected chi connectivity index (χ1v) is 8.41. The summed E-state index contributed by atoms with van der Waals surface area (Å²) >= 11 is 0. The molecule has 130 valence electrons. The van der Waals surface area contributed by atoms with Gasteiger partial charge in [0.2, 0.25) is 17.7 Å². The van der Waals surface area contributed by atoms with Gasteiger partial charge in [0.15, 0.2) is 0 Å². The first-order chi connectivity index (χ1) is 10.6. The summed E-state index contributed by atoms with van der Waals surface area (Å²) in [6.45, 7) is 1.74. The van der Waals surface area contributed by atoms with Crippen LogP contribution in [0.25, 0.3) is 0 Å². The van der Waals surface area contributed by atoms with Gasteiger partial charge >= 0.3 is 0 Å². The van der Waals surface area contributed by atoms with Crippen LogP contribution in [0.2, 0.25) is 0 Å². The Bertz CT molecular complexity index is 455. The number of likely N-dealkylation sites (N-methyl/N-ethyl adjacent to an activating group) is 1. The lowest BCUT2D eigenvalue weighted by atomic mass is 9.81. The number of imide groups is 1. The van der Waals surface area contributed by atoms with E-state index >= 15 is 0 Å². The van der Waals surface area contributed by atoms with Gasteiger partial charge in [-0.25, -0.2) is 0 Å². The van der Waals surface area contributed by atoms with Crippen LogP contribution in [0.3, 0.4) is 0 Å². The lowest BCUT2D eigenvalue weighted by Gasteiger charge is -2.32. The van der Waals surface area contributed by atoms with E-state index in [0.717, 1.165) is 51.6 Å². The molecule has 1 N–H and O–H groups in total. The third-order valence-electron chi connectivity index (χ3n) is 5.48. The van der Waals surface area contributed by atoms with Gasteiger partial charge in [0.05, 0.1) is 11.8 Å². The molecule has 2 aliphatic heterocycles. The summed E-state index contributed by atoms with van der Waals surface area (Å²) in [5.41, 5.74) is 0. The van der Waals surface area contributed by atoms with Gasteiger partial charge in [-0.05, 0) is 38.8 Å². The minimum absolute atomic E-state index is 0. The number of nitrogens with zero attached hydrogens (tertiary/aromatic N) is 2. The monoisotopic (exact) mass is 343 g/mol. The highest BCUT2D eigenvalue weighted by atomic mass is 35.5. The number of likely N-dealkylation sites (tertiary alicyclic amines) is 1. The fourth-order valence-corrected chi connectivity index (χ4v) is 4.03. The van der Waals surface area contributed by atoms with Crippen LogP contribution in [-0.4, -0.2) is 60.2 Å². The molecule has 3 aliphatic rings. The van der Waals surface area contributed by atoms with Crippen molar-refractivity contribution in [2.75, 3.05) is 26.7 Å². The summed E-state index contributed by atoms with van der Waals surface area (Å²) in [7, 11) is 1.79. The summed E-state index contributed by atoms with van der Waals surface area (Å²) < 4.78 is 0. The van der Waals surface area contributed by atoms with Crippen molar-refractivity contribution in [3.8, 4) is 0 Å². The molecule has 2 unspecified atom stereocenters. The highest BCUT2D eigenvalue weighted by molar-refractivity contribution is 6.07. The molecule has 1 saturated carbocycles. The number of carbonyl (C=O) groups is 3. The average Bonchev–Trinajstić information content (AvgIpc) is 2.80. The predicted octanol–water partition coefficient (Wildman–Crippen LogP) is 0.794. The van der Waals surface area contributed by atoms with Gasteiger partial charge in [-0.1, -0.05) is 12.8 Å². The zero-order valence-electron chi connectivity index (χ0n) is 13.6. The van der Waals surface area contributed by atoms with Crippen molar-refractivity contribution in [3.05, 3.63) is 0 Å². The topological polar surface area (TPSA) is 69.7 Å². The molecule has 0 spiro atoms. The molecule has 3 fully saturated rings. The molecule has 1 aliphatic carbocycles. The van der Waals surface area contributed by atoms with Crippen molar-refractivity contribution in [3.63, 3.8) is 0 Å². The van der Waals surface area contributed by atoms with E-state index in [1.807, 2.05) is 0 Å². The lowest BCUT2D eigenvalue weighted by Crippen LogP contribution is -2.48. The summed E-state index contributed by atoms with van der Waals surface area (Å²) in [5.74, 6) is -0.702. The van der Waals surface area contributed by atoms with Gasteiger partial charge < -0.3 is 10.2 Å². The van der Waals surface area contributed by atoms with Gasteiger partial charge in [-0.15, -0.1) is 12.4 Å². The van der Waals surface area contributed by atoms with Crippen molar-refractivity contribution < 1.29 is 14.4 Å². The Morgan fingerprint density at radius 2 is 1.61 bits per heavy atom. The first-order valence-electron chi connectivity index (χ1n) is 8.41. The number of piperidine rings is 1. The van der Waals surface area contributed by atoms with Crippen LogP contribution in [0.1, 0.15) is 38.5 Å². The van der Waals surface area contributed by atoms with Crippen LogP contribution in [-0.2, 0) is 14.4 Å². The second-order valence-electron chi connectivity index (χ2n) is 6.75. The molecule has 0 aromatic heterocycles. The zero-order valence-corrected chi connectivity index (χ0v) is 14.4. The van der Waals surface area contributed by atoms with E-state index in [2.05, 4.69) is 5.32 Å². The Morgan fingerprint density at radius 1 is 1.09 bits per heavy atom. The SMILES string of the molecule is CN(C(=O)CN1C(=O)C2CCCCC2C1=O)C1CCNCC1.Cl. The molecule has 2 heterocycles. The van der Waals surface area contributed by atoms with Crippen LogP contribution in [0.15, 0.2) is 0 Å². The third kappa shape index (κ3) is 3.53. The average molecular weight is 344 g/mol.